The van der Waals surface area contributed by atoms with Crippen LogP contribution in [0.2, 0.25) is 0 Å². The van der Waals surface area contributed by atoms with Crippen LogP contribution in [0.25, 0.3) is 0 Å². The van der Waals surface area contributed by atoms with Crippen LogP contribution >= 0.6 is 0 Å². The molecule has 5 heteroatoms. The Labute approximate surface area is 97.0 Å². The number of carbonyl (C=O) groups excluding carboxylic acids is 1. The Bertz CT molecular complexity index is 194. The van der Waals surface area contributed by atoms with E-state index in [4.69, 9.17) is 14.9 Å². The molecule has 0 aromatic carbocycles. The van der Waals surface area contributed by atoms with E-state index >= 15 is 0 Å². The summed E-state index contributed by atoms with van der Waals surface area (Å²) in [6.45, 7) is 7.32. The highest BCUT2D eigenvalue weighted by molar-refractivity contribution is 5.68. The molecular weight excluding hydrogens is 210 g/mol. The summed E-state index contributed by atoms with van der Waals surface area (Å²) in [7, 11) is 0. The molecule has 0 spiro atoms. The maximum absolute atomic E-state index is 11.7. The van der Waals surface area contributed by atoms with Crippen molar-refractivity contribution < 1.29 is 19.7 Å². The Morgan fingerprint density at radius 3 is 1.88 bits per heavy atom. The molecule has 0 heterocycles. The molecule has 2 N–H and O–H groups in total. The lowest BCUT2D eigenvalue weighted by Gasteiger charge is -2.30. The van der Waals surface area contributed by atoms with E-state index in [-0.39, 0.29) is 31.9 Å². The second kappa shape index (κ2) is 7.46. The van der Waals surface area contributed by atoms with Crippen molar-refractivity contribution >= 4 is 6.09 Å². The first-order valence-corrected chi connectivity index (χ1v) is 5.60. The second-order valence-electron chi connectivity index (χ2n) is 4.40. The van der Waals surface area contributed by atoms with E-state index in [1.54, 1.807) is 4.90 Å². The lowest BCUT2D eigenvalue weighted by molar-refractivity contribution is 0.0421. The van der Waals surface area contributed by atoms with Crippen LogP contribution in [0.4, 0.5) is 4.79 Å². The van der Waals surface area contributed by atoms with Gasteiger partial charge in [0.15, 0.2) is 0 Å². The Kier molecular flexibility index (Phi) is 7.08. The van der Waals surface area contributed by atoms with E-state index in [1.807, 2.05) is 27.7 Å². The van der Waals surface area contributed by atoms with Crippen molar-refractivity contribution in [3.63, 3.8) is 0 Å². The van der Waals surface area contributed by atoms with Gasteiger partial charge >= 0.3 is 6.09 Å². The normalized spacial score (nSPS) is 11.3. The number of aliphatic hydroxyl groups is 2. The Balaban J connectivity index is 4.21. The van der Waals surface area contributed by atoms with Gasteiger partial charge in [-0.3, -0.25) is 0 Å². The molecular formula is C11H23NO4. The summed E-state index contributed by atoms with van der Waals surface area (Å²) in [5.41, 5.74) is 0. The summed E-state index contributed by atoms with van der Waals surface area (Å²) in [6.07, 6.45) is -0.406. The van der Waals surface area contributed by atoms with Crippen LogP contribution < -0.4 is 0 Å². The molecule has 0 aliphatic heterocycles. The van der Waals surface area contributed by atoms with Crippen LogP contribution in [0.1, 0.15) is 27.7 Å². The Morgan fingerprint density at radius 1 is 1.12 bits per heavy atom. The number of aliphatic hydroxyl groups excluding tert-OH is 2. The van der Waals surface area contributed by atoms with E-state index in [0.29, 0.717) is 0 Å². The van der Waals surface area contributed by atoms with Gasteiger partial charge in [-0.05, 0) is 27.7 Å². The van der Waals surface area contributed by atoms with Crippen LogP contribution in [0.5, 0.6) is 0 Å². The molecule has 0 aliphatic rings. The smallest absolute Gasteiger partial charge is 0.410 e. The zero-order valence-electron chi connectivity index (χ0n) is 10.5. The zero-order valence-corrected chi connectivity index (χ0v) is 10.5. The molecule has 0 fully saturated rings. The predicted octanol–water partition coefficient (Wildman–Crippen LogP) is 0.843. The van der Waals surface area contributed by atoms with E-state index < -0.39 is 12.0 Å². The molecule has 0 atom stereocenters. The van der Waals surface area contributed by atoms with Crippen LogP contribution in [0.15, 0.2) is 0 Å². The average Bonchev–Trinajstić information content (AvgIpc) is 2.18. The molecule has 0 saturated heterocycles. The first-order valence-electron chi connectivity index (χ1n) is 5.60. The van der Waals surface area contributed by atoms with Gasteiger partial charge in [-0.15, -0.1) is 0 Å². The fourth-order valence-electron chi connectivity index (χ4n) is 1.44. The molecule has 0 aromatic heterocycles. The van der Waals surface area contributed by atoms with Gasteiger partial charge in [-0.2, -0.15) is 0 Å². The summed E-state index contributed by atoms with van der Waals surface area (Å²) < 4.78 is 5.04. The van der Waals surface area contributed by atoms with Crippen LogP contribution in [-0.4, -0.2) is 53.1 Å². The predicted molar refractivity (Wildman–Crippen MR) is 61.1 cm³/mol. The molecule has 0 unspecified atom stereocenters. The first kappa shape index (κ1) is 15.2. The Hall–Kier alpha value is -0.810. The fourth-order valence-corrected chi connectivity index (χ4v) is 1.44. The number of hydrogen-bond acceptors (Lipinski definition) is 4. The number of nitrogens with zero attached hydrogens (tertiary/aromatic N) is 1. The highest BCUT2D eigenvalue weighted by Gasteiger charge is 2.22. The largest absolute Gasteiger partial charge is 0.449 e. The summed E-state index contributed by atoms with van der Waals surface area (Å²) in [4.78, 5) is 13.3. The molecule has 1 amide bonds. The van der Waals surface area contributed by atoms with Crippen molar-refractivity contribution in [3.8, 4) is 0 Å². The van der Waals surface area contributed by atoms with Gasteiger partial charge in [0.2, 0.25) is 0 Å². The maximum Gasteiger partial charge on any atom is 0.410 e. The topological polar surface area (TPSA) is 70.0 Å². The summed E-state index contributed by atoms with van der Waals surface area (Å²) in [5, 5.41) is 17.7. The quantitative estimate of drug-likeness (QED) is 0.713. The van der Waals surface area contributed by atoms with Gasteiger partial charge in [0.1, 0.15) is 6.61 Å². The minimum absolute atomic E-state index is 0.0434. The summed E-state index contributed by atoms with van der Waals surface area (Å²) in [5.74, 6) is -0.398. The third-order valence-electron chi connectivity index (χ3n) is 2.28. The van der Waals surface area contributed by atoms with Crippen molar-refractivity contribution in [1.82, 2.24) is 4.90 Å². The monoisotopic (exact) mass is 233 g/mol. The number of carbonyl (C=O) groups is 1. The molecule has 0 aliphatic carbocycles. The van der Waals surface area contributed by atoms with Crippen molar-refractivity contribution in [1.29, 1.82) is 0 Å². The third kappa shape index (κ3) is 4.81. The average molecular weight is 233 g/mol. The molecule has 0 saturated carbocycles. The molecule has 0 bridgehead atoms. The summed E-state index contributed by atoms with van der Waals surface area (Å²) >= 11 is 0. The van der Waals surface area contributed by atoms with Gasteiger partial charge < -0.3 is 19.8 Å². The standard InChI is InChI=1S/C11H23NO4/c1-8(2)12(9(3)4)11(15)16-7-10(5-13)6-14/h8-10,13-14H,5-7H2,1-4H3. The van der Waals surface area contributed by atoms with Crippen molar-refractivity contribution in [2.75, 3.05) is 19.8 Å². The fraction of sp³-hybridized carbons (Fsp3) is 0.909. The van der Waals surface area contributed by atoms with Gasteiger partial charge in [-0.25, -0.2) is 4.79 Å². The van der Waals surface area contributed by atoms with Crippen molar-refractivity contribution in [2.24, 2.45) is 5.92 Å². The highest BCUT2D eigenvalue weighted by Crippen LogP contribution is 2.08. The van der Waals surface area contributed by atoms with Gasteiger partial charge in [0, 0.05) is 18.0 Å². The second-order valence-corrected chi connectivity index (χ2v) is 4.40. The molecule has 0 radical (unpaired) electrons. The summed E-state index contributed by atoms with van der Waals surface area (Å²) in [6, 6.07) is 0.128. The third-order valence-corrected chi connectivity index (χ3v) is 2.28. The van der Waals surface area contributed by atoms with E-state index in [0.717, 1.165) is 0 Å². The van der Waals surface area contributed by atoms with E-state index in [1.165, 1.54) is 0 Å². The van der Waals surface area contributed by atoms with Crippen molar-refractivity contribution in [3.05, 3.63) is 0 Å². The van der Waals surface area contributed by atoms with Gasteiger partial charge in [0.05, 0.1) is 13.2 Å². The Morgan fingerprint density at radius 2 is 1.56 bits per heavy atom. The van der Waals surface area contributed by atoms with E-state index in [9.17, 15) is 4.79 Å². The van der Waals surface area contributed by atoms with Crippen LogP contribution in [0, 0.1) is 5.92 Å². The molecule has 5 nitrogen and oxygen atoms in total. The first-order chi connectivity index (χ1) is 7.43. The SMILES string of the molecule is CC(C)N(C(=O)OCC(CO)CO)C(C)C. The molecule has 0 aromatic rings. The minimum Gasteiger partial charge on any atom is -0.449 e. The highest BCUT2D eigenvalue weighted by atomic mass is 16.6. The van der Waals surface area contributed by atoms with E-state index in [2.05, 4.69) is 0 Å². The number of amides is 1. The molecule has 16 heavy (non-hydrogen) atoms. The van der Waals surface area contributed by atoms with Crippen molar-refractivity contribution in [2.45, 2.75) is 39.8 Å². The number of hydrogen-bond donors (Lipinski definition) is 2. The van der Waals surface area contributed by atoms with Crippen LogP contribution in [-0.2, 0) is 4.74 Å². The van der Waals surface area contributed by atoms with Gasteiger partial charge in [-0.1, -0.05) is 0 Å². The number of ether oxygens (including phenoxy) is 1. The maximum atomic E-state index is 11.7. The minimum atomic E-state index is -0.406. The zero-order chi connectivity index (χ0) is 12.7. The van der Waals surface area contributed by atoms with Crippen LogP contribution in [0.3, 0.4) is 0 Å². The van der Waals surface area contributed by atoms with Gasteiger partial charge in [0.25, 0.3) is 0 Å². The molecule has 0 rings (SSSR count). The lowest BCUT2D eigenvalue weighted by atomic mass is 10.2. The number of rotatable bonds is 6. The lowest BCUT2D eigenvalue weighted by Crippen LogP contribution is -2.43. The molecule has 96 valence electrons.